The number of nitrogens with zero attached hydrogens (tertiary/aromatic N) is 1. The Morgan fingerprint density at radius 3 is 2.23 bits per heavy atom. The van der Waals surface area contributed by atoms with Crippen molar-refractivity contribution in [3.8, 4) is 17.2 Å². The van der Waals surface area contributed by atoms with Gasteiger partial charge in [-0.15, -0.1) is 0 Å². The van der Waals surface area contributed by atoms with Crippen LogP contribution in [0.15, 0.2) is 70.8 Å². The van der Waals surface area contributed by atoms with Gasteiger partial charge in [-0.1, -0.05) is 11.6 Å². The van der Waals surface area contributed by atoms with Crippen LogP contribution in [-0.2, 0) is 19.2 Å². The first-order chi connectivity index (χ1) is 19.2. The van der Waals surface area contributed by atoms with Crippen LogP contribution in [0.1, 0.15) is 31.2 Å². The van der Waals surface area contributed by atoms with Crippen LogP contribution in [0.4, 0.5) is 5.69 Å². The molecule has 2 aromatic carbocycles. The predicted octanol–water partition coefficient (Wildman–Crippen LogP) is 4.65. The third-order valence-corrected chi connectivity index (χ3v) is 9.20. The van der Waals surface area contributed by atoms with Gasteiger partial charge in [0.05, 0.1) is 31.7 Å². The van der Waals surface area contributed by atoms with Crippen LogP contribution in [0, 0.1) is 21.3 Å². The van der Waals surface area contributed by atoms with Gasteiger partial charge in [0, 0.05) is 26.2 Å². The van der Waals surface area contributed by atoms with Crippen LogP contribution in [-0.4, -0.2) is 42.7 Å². The number of allylic oxidation sites excluding steroid dienone is 6. The number of ether oxygens (including phenoxy) is 2. The standard InChI is InChI=1S/C31H26INO7/c1-14-10-22(34)21-13-20-18(25(27(21)28(14)35)15-11-23(39-2)29(36)24(12-15)40-3)8-9-19-26(20)31(38)33(30(19)37)17-6-4-16(32)5-7-17/h4-8,10-12,19-20,25-26,36H,9,13H2,1-3H3/t19-,20+,25-,26-/m0/s1. The molecule has 1 heterocycles. The van der Waals surface area contributed by atoms with Crippen molar-refractivity contribution in [1.82, 2.24) is 0 Å². The summed E-state index contributed by atoms with van der Waals surface area (Å²) < 4.78 is 11.8. The minimum Gasteiger partial charge on any atom is -0.502 e. The topological polar surface area (TPSA) is 110 Å². The Hall–Kier alpha value is -3.73. The summed E-state index contributed by atoms with van der Waals surface area (Å²) >= 11 is 2.17. The Morgan fingerprint density at radius 1 is 0.950 bits per heavy atom. The molecule has 1 fully saturated rings. The van der Waals surface area contributed by atoms with Gasteiger partial charge < -0.3 is 14.6 Å². The number of imide groups is 1. The smallest absolute Gasteiger partial charge is 0.238 e. The number of halogens is 1. The zero-order valence-corrected chi connectivity index (χ0v) is 24.2. The van der Waals surface area contributed by atoms with Crippen molar-refractivity contribution < 1.29 is 33.8 Å². The number of Topliss-reactive ketones (excluding diaryl/α,β-unsaturated/α-hetero) is 1. The summed E-state index contributed by atoms with van der Waals surface area (Å²) in [5, 5.41) is 10.6. The number of rotatable bonds is 4. The molecule has 4 atom stereocenters. The van der Waals surface area contributed by atoms with Gasteiger partial charge in [0.25, 0.3) is 0 Å². The molecule has 0 radical (unpaired) electrons. The molecule has 8 nitrogen and oxygen atoms in total. The lowest BCUT2D eigenvalue weighted by Crippen LogP contribution is -2.39. The van der Waals surface area contributed by atoms with E-state index in [1.807, 2.05) is 18.2 Å². The van der Waals surface area contributed by atoms with E-state index in [1.54, 1.807) is 31.2 Å². The Morgan fingerprint density at radius 2 is 1.60 bits per heavy atom. The number of carbonyl (C=O) groups is 4. The zero-order valence-electron chi connectivity index (χ0n) is 22.1. The molecule has 0 spiro atoms. The first-order valence-electron chi connectivity index (χ1n) is 12.9. The number of carbonyl (C=O) groups excluding carboxylic acids is 4. The van der Waals surface area contributed by atoms with Crippen molar-refractivity contribution >= 4 is 51.7 Å². The van der Waals surface area contributed by atoms with E-state index >= 15 is 0 Å². The molecule has 9 heteroatoms. The number of benzene rings is 2. The van der Waals surface area contributed by atoms with Crippen molar-refractivity contribution in [1.29, 1.82) is 0 Å². The van der Waals surface area contributed by atoms with Gasteiger partial charge in [0.2, 0.25) is 17.6 Å². The second-order valence-electron chi connectivity index (χ2n) is 10.5. The maximum Gasteiger partial charge on any atom is 0.238 e. The first-order valence-corrected chi connectivity index (χ1v) is 14.0. The Kier molecular flexibility index (Phi) is 6.44. The summed E-state index contributed by atoms with van der Waals surface area (Å²) in [5.74, 6) is -3.26. The summed E-state index contributed by atoms with van der Waals surface area (Å²) in [6.45, 7) is 1.62. The van der Waals surface area contributed by atoms with Crippen LogP contribution in [0.2, 0.25) is 0 Å². The molecule has 1 saturated heterocycles. The molecular weight excluding hydrogens is 625 g/mol. The molecule has 3 aliphatic carbocycles. The van der Waals surface area contributed by atoms with Gasteiger partial charge in [0.15, 0.2) is 23.1 Å². The van der Waals surface area contributed by atoms with E-state index in [1.165, 1.54) is 25.2 Å². The van der Waals surface area contributed by atoms with Gasteiger partial charge in [0.1, 0.15) is 0 Å². The Bertz CT molecular complexity index is 1570. The zero-order chi connectivity index (χ0) is 28.5. The SMILES string of the molecule is COc1cc([C@H]2C3=CC[C@@H]4C(=O)N(c5ccc(I)cc5)C(=O)[C@@H]4[C@@H]3CC3=C2C(=O)C(C)=CC3=O)cc(OC)c1O. The second-order valence-corrected chi connectivity index (χ2v) is 11.7. The number of ketones is 2. The Labute approximate surface area is 244 Å². The number of phenolic OH excluding ortho intramolecular Hbond substituents is 1. The van der Waals surface area contributed by atoms with Crippen molar-refractivity contribution in [2.24, 2.45) is 17.8 Å². The number of hydrogen-bond donors (Lipinski definition) is 1. The fourth-order valence-corrected chi connectivity index (χ4v) is 7.03. The summed E-state index contributed by atoms with van der Waals surface area (Å²) in [7, 11) is 2.84. The van der Waals surface area contributed by atoms with Gasteiger partial charge in [-0.2, -0.15) is 0 Å². The van der Waals surface area contributed by atoms with Crippen LogP contribution in [0.5, 0.6) is 17.2 Å². The van der Waals surface area contributed by atoms with Gasteiger partial charge in [-0.05, 0) is 96.3 Å². The molecule has 1 N–H and O–H groups in total. The highest BCUT2D eigenvalue weighted by Gasteiger charge is 2.56. The number of aromatic hydroxyl groups is 1. The van der Waals surface area contributed by atoms with Gasteiger partial charge in [-0.3, -0.25) is 24.1 Å². The largest absolute Gasteiger partial charge is 0.502 e. The van der Waals surface area contributed by atoms with Crippen LogP contribution in [0.3, 0.4) is 0 Å². The van der Waals surface area contributed by atoms with E-state index in [0.29, 0.717) is 34.4 Å². The van der Waals surface area contributed by atoms with E-state index in [4.69, 9.17) is 9.47 Å². The van der Waals surface area contributed by atoms with Crippen molar-refractivity contribution in [2.45, 2.75) is 25.7 Å². The molecule has 2 aromatic rings. The van der Waals surface area contributed by atoms with E-state index < -0.39 is 23.7 Å². The van der Waals surface area contributed by atoms with Gasteiger partial charge >= 0.3 is 0 Å². The summed E-state index contributed by atoms with van der Waals surface area (Å²) in [6.07, 6.45) is 3.84. The molecule has 0 aromatic heterocycles. The highest BCUT2D eigenvalue weighted by atomic mass is 127. The molecule has 204 valence electrons. The molecule has 6 rings (SSSR count). The normalized spacial score (nSPS) is 25.8. The molecule has 0 bridgehead atoms. The molecule has 2 amide bonds. The maximum atomic E-state index is 14.0. The van der Waals surface area contributed by atoms with Crippen molar-refractivity contribution in [2.75, 3.05) is 19.1 Å². The van der Waals surface area contributed by atoms with Crippen LogP contribution >= 0.6 is 22.6 Å². The van der Waals surface area contributed by atoms with Crippen LogP contribution < -0.4 is 14.4 Å². The van der Waals surface area contributed by atoms with E-state index in [0.717, 1.165) is 9.14 Å². The lowest BCUT2D eigenvalue weighted by Gasteiger charge is -2.42. The molecular formula is C31H26INO7. The third kappa shape index (κ3) is 3.85. The average Bonchev–Trinajstić information content (AvgIpc) is 3.21. The van der Waals surface area contributed by atoms with Crippen molar-refractivity contribution in [3.63, 3.8) is 0 Å². The van der Waals surface area contributed by atoms with E-state index in [2.05, 4.69) is 22.6 Å². The summed E-state index contributed by atoms with van der Waals surface area (Å²) in [5.41, 5.74) is 3.01. The monoisotopic (exact) mass is 651 g/mol. The number of methoxy groups -OCH3 is 2. The summed E-state index contributed by atoms with van der Waals surface area (Å²) in [4.78, 5) is 55.7. The fourth-order valence-electron chi connectivity index (χ4n) is 6.67. The quantitative estimate of drug-likeness (QED) is 0.222. The number of anilines is 1. The van der Waals surface area contributed by atoms with E-state index in [9.17, 15) is 24.3 Å². The second kappa shape index (κ2) is 9.72. The lowest BCUT2D eigenvalue weighted by atomic mass is 9.59. The van der Waals surface area contributed by atoms with Crippen LogP contribution in [0.25, 0.3) is 0 Å². The molecule has 4 aliphatic rings. The predicted molar refractivity (Wildman–Crippen MR) is 154 cm³/mol. The molecule has 0 saturated carbocycles. The minimum absolute atomic E-state index is 0.159. The lowest BCUT2D eigenvalue weighted by molar-refractivity contribution is -0.123. The van der Waals surface area contributed by atoms with E-state index in [-0.39, 0.29) is 47.1 Å². The van der Waals surface area contributed by atoms with Gasteiger partial charge in [-0.25, -0.2) is 0 Å². The van der Waals surface area contributed by atoms with Crippen molar-refractivity contribution in [3.05, 3.63) is 80.0 Å². The summed E-state index contributed by atoms with van der Waals surface area (Å²) in [6, 6.07) is 10.5. The number of fused-ring (bicyclic) bond motifs is 3. The molecule has 40 heavy (non-hydrogen) atoms. The minimum atomic E-state index is -0.673. The average molecular weight is 651 g/mol. The third-order valence-electron chi connectivity index (χ3n) is 8.49. The number of phenols is 1. The Balaban J connectivity index is 1.51. The molecule has 0 unspecified atom stereocenters. The number of amides is 2. The highest BCUT2D eigenvalue weighted by molar-refractivity contribution is 14.1. The molecule has 1 aliphatic heterocycles. The maximum absolute atomic E-state index is 14.0. The highest BCUT2D eigenvalue weighted by Crippen LogP contribution is 2.56. The number of hydrogen-bond acceptors (Lipinski definition) is 7. The first kappa shape index (κ1) is 26.5. The fraction of sp³-hybridized carbons (Fsp3) is 0.290.